The van der Waals surface area contributed by atoms with Crippen molar-refractivity contribution < 1.29 is 43.5 Å². The van der Waals surface area contributed by atoms with Crippen molar-refractivity contribution in [2.24, 2.45) is 22.2 Å². The summed E-state index contributed by atoms with van der Waals surface area (Å²) in [6, 6.07) is -5.37. The van der Waals surface area contributed by atoms with Crippen molar-refractivity contribution in [1.82, 2.24) is 31.9 Å². The molecule has 1 aliphatic rings. The van der Waals surface area contributed by atoms with Crippen LogP contribution in [0.15, 0.2) is 4.99 Å². The number of nitrogens with two attached hydrogens (primary N) is 3. The van der Waals surface area contributed by atoms with E-state index in [2.05, 4.69) is 36.9 Å². The van der Waals surface area contributed by atoms with Gasteiger partial charge in [0.1, 0.15) is 24.2 Å². The number of nitrogens with zero attached hydrogens (tertiary/aromatic N) is 1. The molecule has 13 N–H and O–H groups in total. The first-order chi connectivity index (χ1) is 20.9. The molecule has 1 heterocycles. The predicted octanol–water partition coefficient (Wildman–Crippen LogP) is -4.63. The van der Waals surface area contributed by atoms with Crippen LogP contribution in [0.5, 0.6) is 0 Å². The summed E-state index contributed by atoms with van der Waals surface area (Å²) in [5, 5.41) is 23.5. The predicted molar refractivity (Wildman–Crippen MR) is 165 cm³/mol. The molecule has 1 rings (SSSR count). The SMILES string of the molecule is CC(=O)NC1CSSC(C)(C)[C@@H](C(N)=O)NC(=O)C(CC(=O)O)NC(=O)CNC(=O)[C@H](CCCN=C(N)N)NC(=O)CNC1=O. The summed E-state index contributed by atoms with van der Waals surface area (Å²) < 4.78 is -1.15. The van der Waals surface area contributed by atoms with Crippen molar-refractivity contribution in [3.63, 3.8) is 0 Å². The van der Waals surface area contributed by atoms with Gasteiger partial charge < -0.3 is 54.2 Å². The summed E-state index contributed by atoms with van der Waals surface area (Å²) in [5.74, 6) is -7.46. The molecule has 7 amide bonds. The zero-order valence-electron chi connectivity index (χ0n) is 25.0. The molecule has 0 aliphatic carbocycles. The van der Waals surface area contributed by atoms with E-state index in [1.807, 2.05) is 0 Å². The van der Waals surface area contributed by atoms with Gasteiger partial charge in [-0.15, -0.1) is 0 Å². The van der Waals surface area contributed by atoms with E-state index in [9.17, 15) is 43.5 Å². The zero-order chi connectivity index (χ0) is 34.3. The summed E-state index contributed by atoms with van der Waals surface area (Å²) in [7, 11) is 2.09. The third-order valence-electron chi connectivity index (χ3n) is 5.94. The number of rotatable bonds is 8. The molecule has 1 fully saturated rings. The largest absolute Gasteiger partial charge is 0.481 e. The molecule has 0 bridgehead atoms. The molecule has 0 spiro atoms. The van der Waals surface area contributed by atoms with Crippen LogP contribution in [-0.2, 0) is 38.4 Å². The number of primary amides is 1. The van der Waals surface area contributed by atoms with Gasteiger partial charge in [-0.05, 0) is 26.7 Å². The lowest BCUT2D eigenvalue weighted by Crippen LogP contribution is -2.60. The number of aliphatic imine (C=N–C) groups is 1. The van der Waals surface area contributed by atoms with Crippen LogP contribution in [0, 0.1) is 0 Å². The summed E-state index contributed by atoms with van der Waals surface area (Å²) in [6.07, 6.45) is -0.622. The van der Waals surface area contributed by atoms with Crippen molar-refractivity contribution in [3.05, 3.63) is 0 Å². The molecule has 0 saturated carbocycles. The van der Waals surface area contributed by atoms with Crippen LogP contribution in [0.1, 0.15) is 40.0 Å². The van der Waals surface area contributed by atoms with Crippen LogP contribution < -0.4 is 49.1 Å². The van der Waals surface area contributed by atoms with Gasteiger partial charge in [0.2, 0.25) is 41.4 Å². The van der Waals surface area contributed by atoms with Gasteiger partial charge in [-0.1, -0.05) is 21.6 Å². The fourth-order valence-electron chi connectivity index (χ4n) is 3.79. The van der Waals surface area contributed by atoms with Crippen molar-refractivity contribution in [2.45, 2.75) is 68.9 Å². The minimum Gasteiger partial charge on any atom is -0.481 e. The van der Waals surface area contributed by atoms with E-state index in [0.717, 1.165) is 21.6 Å². The Hall–Kier alpha value is -4.27. The first kappa shape index (κ1) is 38.8. The first-order valence-electron chi connectivity index (χ1n) is 13.5. The molecule has 45 heavy (non-hydrogen) atoms. The van der Waals surface area contributed by atoms with Gasteiger partial charge in [-0.25, -0.2) is 0 Å². The minimum atomic E-state index is -1.66. The number of carbonyl (C=O) groups is 8. The number of carbonyl (C=O) groups excluding carboxylic acids is 7. The normalized spacial score (nSPS) is 23.9. The molecule has 0 aromatic carbocycles. The molecular weight excluding hydrogens is 636 g/mol. The monoisotopic (exact) mass is 676 g/mol. The average molecular weight is 677 g/mol. The van der Waals surface area contributed by atoms with Crippen LogP contribution in [0.2, 0.25) is 0 Å². The molecule has 21 heteroatoms. The fraction of sp³-hybridized carbons (Fsp3) is 0.625. The highest BCUT2D eigenvalue weighted by molar-refractivity contribution is 8.77. The molecule has 1 saturated heterocycles. The summed E-state index contributed by atoms with van der Waals surface area (Å²) in [5.41, 5.74) is 16.1. The lowest BCUT2D eigenvalue weighted by atomic mass is 10.0. The highest BCUT2D eigenvalue weighted by Gasteiger charge is 2.39. The molecule has 19 nitrogen and oxygen atoms in total. The molecule has 252 valence electrons. The van der Waals surface area contributed by atoms with Crippen molar-refractivity contribution in [2.75, 3.05) is 25.4 Å². The minimum absolute atomic E-state index is 0.0145. The van der Waals surface area contributed by atoms with Gasteiger partial charge in [0.25, 0.3) is 0 Å². The van der Waals surface area contributed by atoms with Crippen LogP contribution in [0.4, 0.5) is 0 Å². The van der Waals surface area contributed by atoms with E-state index in [0.29, 0.717) is 0 Å². The number of amides is 7. The van der Waals surface area contributed by atoms with E-state index in [1.54, 1.807) is 13.8 Å². The van der Waals surface area contributed by atoms with Crippen molar-refractivity contribution in [3.8, 4) is 0 Å². The van der Waals surface area contributed by atoms with Gasteiger partial charge >= 0.3 is 5.97 Å². The topological polar surface area (TPSA) is 319 Å². The number of aliphatic carboxylic acids is 1. The Balaban J connectivity index is 3.35. The second kappa shape index (κ2) is 18.5. The van der Waals surface area contributed by atoms with Gasteiger partial charge in [0.15, 0.2) is 5.96 Å². The number of nitrogens with one attached hydrogen (secondary N) is 6. The van der Waals surface area contributed by atoms with E-state index in [1.165, 1.54) is 6.92 Å². The lowest BCUT2D eigenvalue weighted by Gasteiger charge is -2.33. The molecule has 4 atom stereocenters. The van der Waals surface area contributed by atoms with Gasteiger partial charge in [-0.3, -0.25) is 43.3 Å². The lowest BCUT2D eigenvalue weighted by molar-refractivity contribution is -0.141. The number of carboxylic acid groups (broad SMARTS) is 1. The summed E-state index contributed by atoms with van der Waals surface area (Å²) >= 11 is 0. The molecule has 0 radical (unpaired) electrons. The third-order valence-corrected chi connectivity index (χ3v) is 9.25. The Morgan fingerprint density at radius 2 is 1.51 bits per heavy atom. The number of hydrogen-bond donors (Lipinski definition) is 10. The Bertz CT molecular complexity index is 1180. The Morgan fingerprint density at radius 1 is 0.933 bits per heavy atom. The highest BCUT2D eigenvalue weighted by Crippen LogP contribution is 2.38. The van der Waals surface area contributed by atoms with Crippen LogP contribution >= 0.6 is 21.6 Å². The first-order valence-corrected chi connectivity index (χ1v) is 15.8. The van der Waals surface area contributed by atoms with Crippen LogP contribution in [0.25, 0.3) is 0 Å². The summed E-state index contributed by atoms with van der Waals surface area (Å²) in [6.45, 7) is 3.13. The number of hydrogen-bond acceptors (Lipinski definition) is 11. The van der Waals surface area contributed by atoms with E-state index < -0.39 is 95.7 Å². The van der Waals surface area contributed by atoms with Gasteiger partial charge in [0, 0.05) is 24.0 Å². The van der Waals surface area contributed by atoms with E-state index in [4.69, 9.17) is 17.2 Å². The Morgan fingerprint density at radius 3 is 2.04 bits per heavy atom. The van der Waals surface area contributed by atoms with E-state index in [-0.39, 0.29) is 31.1 Å². The van der Waals surface area contributed by atoms with Crippen molar-refractivity contribution in [1.29, 1.82) is 0 Å². The highest BCUT2D eigenvalue weighted by atomic mass is 33.1. The maximum absolute atomic E-state index is 13.1. The maximum Gasteiger partial charge on any atom is 0.305 e. The van der Waals surface area contributed by atoms with E-state index >= 15 is 0 Å². The molecule has 0 aromatic rings. The smallest absolute Gasteiger partial charge is 0.305 e. The maximum atomic E-state index is 13.1. The average Bonchev–Trinajstić information content (AvgIpc) is 2.92. The Labute approximate surface area is 266 Å². The quantitative estimate of drug-likeness (QED) is 0.0501. The summed E-state index contributed by atoms with van der Waals surface area (Å²) in [4.78, 5) is 103. The van der Waals surface area contributed by atoms with Gasteiger partial charge in [0.05, 0.1) is 19.5 Å². The Kier molecular flexibility index (Phi) is 15.9. The second-order valence-corrected chi connectivity index (χ2v) is 13.3. The standard InChI is InChI=1S/C24H40N10O9S2/c1-11(35)31-14-10-44-45-24(2,3)18(19(25)40)34-22(43)13(7-17(38)39)33-16(37)9-29-20(41)12(5-4-6-28-23(26)27)32-15(36)8-30-21(14)42/h12-14,18H,4-10H2,1-3H3,(H2,25,40)(H,29,41)(H,30,42)(H,31,35)(H,32,36)(H,33,37)(H,34,43)(H,38,39)(H4,26,27,28)/t12-,13?,14?,18+/m0/s1. The molecular formula is C24H40N10O9S2. The van der Waals surface area contributed by atoms with Crippen molar-refractivity contribution >= 4 is 74.9 Å². The molecule has 2 unspecified atom stereocenters. The fourth-order valence-corrected chi connectivity index (χ4v) is 6.62. The zero-order valence-corrected chi connectivity index (χ0v) is 26.6. The molecule has 1 aliphatic heterocycles. The molecule has 0 aromatic heterocycles. The second-order valence-electron chi connectivity index (χ2n) is 10.3. The van der Waals surface area contributed by atoms with Crippen LogP contribution in [-0.4, -0.2) is 113 Å². The number of guanidine groups is 1. The third kappa shape index (κ3) is 14.8. The number of carboxylic acids is 1. The van der Waals surface area contributed by atoms with Gasteiger partial charge in [-0.2, -0.15) is 0 Å². The van der Waals surface area contributed by atoms with Crippen LogP contribution in [0.3, 0.4) is 0 Å².